The Morgan fingerprint density at radius 2 is 2.08 bits per heavy atom. The first-order valence-corrected chi connectivity index (χ1v) is 5.41. The van der Waals surface area contributed by atoms with Crippen LogP contribution >= 0.6 is 11.6 Å². The lowest BCUT2D eigenvalue weighted by molar-refractivity contribution is 0.688. The van der Waals surface area contributed by atoms with Crippen LogP contribution in [0.3, 0.4) is 0 Å². The van der Waals surface area contributed by atoms with Crippen LogP contribution in [0.2, 0.25) is 5.02 Å². The molecule has 3 heteroatoms. The molecule has 0 saturated carbocycles. The van der Waals surface area contributed by atoms with Crippen molar-refractivity contribution >= 4 is 28.5 Å². The average molecular weight is 211 g/mol. The monoisotopic (exact) mass is 210 g/mol. The third kappa shape index (κ3) is 1.74. The van der Waals surface area contributed by atoms with Crippen LogP contribution in [0.25, 0.3) is 6.08 Å². The zero-order chi connectivity index (χ0) is 9.26. The van der Waals surface area contributed by atoms with E-state index in [-0.39, 0.29) is 0 Å². The molecule has 1 nitrogen and oxygen atoms in total. The summed E-state index contributed by atoms with van der Waals surface area (Å²) in [5, 5.41) is 2.33. The summed E-state index contributed by atoms with van der Waals surface area (Å²) in [6.45, 7) is 0. The van der Waals surface area contributed by atoms with Gasteiger partial charge in [-0.1, -0.05) is 29.8 Å². The maximum atomic E-state index is 11.6. The number of hydrogen-bond acceptors (Lipinski definition) is 1. The molecule has 2 rings (SSSR count). The van der Waals surface area contributed by atoms with Crippen molar-refractivity contribution in [2.75, 3.05) is 0 Å². The lowest BCUT2D eigenvalue weighted by atomic mass is 10.2. The Morgan fingerprint density at radius 3 is 2.92 bits per heavy atom. The fraction of sp³-hybridized carbons (Fsp3) is 0. The van der Waals surface area contributed by atoms with Crippen molar-refractivity contribution < 1.29 is 4.21 Å². The number of halogens is 1. The molecule has 0 aliphatic carbocycles. The lowest BCUT2D eigenvalue weighted by Crippen LogP contribution is -1.88. The van der Waals surface area contributed by atoms with Gasteiger partial charge in [-0.05, 0) is 23.8 Å². The molecule has 1 heterocycles. The minimum absolute atomic E-state index is 0.669. The second-order valence-corrected chi connectivity index (χ2v) is 4.41. The fourth-order valence-corrected chi connectivity index (χ4v) is 2.30. The molecule has 1 aliphatic rings. The van der Waals surface area contributed by atoms with Crippen molar-refractivity contribution in [3.63, 3.8) is 0 Å². The normalized spacial score (nSPS) is 19.6. The number of rotatable bonds is 0. The van der Waals surface area contributed by atoms with Gasteiger partial charge in [0.15, 0.2) is 0 Å². The zero-order valence-electron chi connectivity index (χ0n) is 6.74. The van der Waals surface area contributed by atoms with Gasteiger partial charge in [-0.25, -0.2) is 4.21 Å². The van der Waals surface area contributed by atoms with Gasteiger partial charge in [-0.3, -0.25) is 0 Å². The lowest BCUT2D eigenvalue weighted by Gasteiger charge is -2.01. The van der Waals surface area contributed by atoms with Crippen LogP contribution < -0.4 is 0 Å². The summed E-state index contributed by atoms with van der Waals surface area (Å²) < 4.78 is 11.6. The molecular formula is C10H7ClOS. The van der Waals surface area contributed by atoms with Crippen molar-refractivity contribution in [1.82, 2.24) is 0 Å². The molecule has 1 aliphatic heterocycles. The van der Waals surface area contributed by atoms with E-state index >= 15 is 0 Å². The van der Waals surface area contributed by atoms with Crippen LogP contribution in [0.4, 0.5) is 0 Å². The first kappa shape index (κ1) is 8.73. The largest absolute Gasteiger partial charge is 0.250 e. The summed E-state index contributed by atoms with van der Waals surface area (Å²) in [6, 6.07) is 5.37. The third-order valence-electron chi connectivity index (χ3n) is 1.78. The van der Waals surface area contributed by atoms with Crippen molar-refractivity contribution in [2.24, 2.45) is 0 Å². The van der Waals surface area contributed by atoms with Gasteiger partial charge in [-0.15, -0.1) is 0 Å². The summed E-state index contributed by atoms with van der Waals surface area (Å²) in [5.41, 5.74) is 0.927. The molecule has 0 radical (unpaired) electrons. The molecule has 1 aromatic carbocycles. The van der Waals surface area contributed by atoms with Gasteiger partial charge in [0.05, 0.1) is 15.7 Å². The fourth-order valence-electron chi connectivity index (χ4n) is 1.18. The van der Waals surface area contributed by atoms with E-state index in [4.69, 9.17) is 11.6 Å². The smallest absolute Gasteiger partial charge is 0.0782 e. The molecule has 0 fully saturated rings. The highest BCUT2D eigenvalue weighted by Gasteiger charge is 2.07. The second-order valence-electron chi connectivity index (χ2n) is 2.67. The quantitative estimate of drug-likeness (QED) is 0.644. The van der Waals surface area contributed by atoms with E-state index in [0.29, 0.717) is 5.02 Å². The summed E-state index contributed by atoms with van der Waals surface area (Å²) in [4.78, 5) is 0.814. The Labute approximate surface area is 84.2 Å². The van der Waals surface area contributed by atoms with Crippen molar-refractivity contribution in [3.8, 4) is 0 Å². The minimum atomic E-state index is -1.04. The SMILES string of the molecule is O=S1C=CC=Cc2cc(Cl)ccc21. The average Bonchev–Trinajstić information content (AvgIpc) is 2.28. The zero-order valence-corrected chi connectivity index (χ0v) is 8.31. The van der Waals surface area contributed by atoms with Crippen LogP contribution in [0, 0.1) is 0 Å². The van der Waals surface area contributed by atoms with Crippen LogP contribution in [-0.2, 0) is 10.8 Å². The van der Waals surface area contributed by atoms with E-state index in [1.807, 2.05) is 18.2 Å². The molecule has 66 valence electrons. The Kier molecular flexibility index (Phi) is 2.34. The maximum Gasteiger partial charge on any atom is 0.0782 e. The van der Waals surface area contributed by atoms with Crippen molar-refractivity contribution in [3.05, 3.63) is 46.3 Å². The number of hydrogen-bond donors (Lipinski definition) is 0. The van der Waals surface area contributed by atoms with E-state index in [1.54, 1.807) is 23.6 Å². The van der Waals surface area contributed by atoms with Gasteiger partial charge in [-0.2, -0.15) is 0 Å². The predicted molar refractivity (Wildman–Crippen MR) is 56.0 cm³/mol. The van der Waals surface area contributed by atoms with E-state index in [9.17, 15) is 4.21 Å². The van der Waals surface area contributed by atoms with E-state index < -0.39 is 10.8 Å². The molecule has 13 heavy (non-hydrogen) atoms. The maximum absolute atomic E-state index is 11.6. The van der Waals surface area contributed by atoms with Gasteiger partial charge >= 0.3 is 0 Å². The van der Waals surface area contributed by atoms with E-state index in [0.717, 1.165) is 10.5 Å². The first-order valence-electron chi connectivity index (χ1n) is 3.82. The summed E-state index contributed by atoms with van der Waals surface area (Å²) >= 11 is 5.82. The van der Waals surface area contributed by atoms with E-state index in [2.05, 4.69) is 0 Å². The summed E-state index contributed by atoms with van der Waals surface area (Å²) in [6.07, 6.45) is 5.55. The van der Waals surface area contributed by atoms with E-state index in [1.165, 1.54) is 0 Å². The summed E-state index contributed by atoms with van der Waals surface area (Å²) in [7, 11) is -1.04. The molecule has 0 spiro atoms. The predicted octanol–water partition coefficient (Wildman–Crippen LogP) is 2.99. The molecule has 0 bridgehead atoms. The molecule has 0 aromatic heterocycles. The molecule has 1 atom stereocenters. The number of benzene rings is 1. The molecular weight excluding hydrogens is 204 g/mol. The molecule has 0 amide bonds. The highest BCUT2D eigenvalue weighted by molar-refractivity contribution is 7.88. The van der Waals surface area contributed by atoms with Crippen LogP contribution in [0.15, 0.2) is 40.7 Å². The molecule has 0 saturated heterocycles. The first-order chi connectivity index (χ1) is 6.27. The Hall–Kier alpha value is -0.860. The molecule has 1 unspecified atom stereocenters. The van der Waals surface area contributed by atoms with Gasteiger partial charge in [0.2, 0.25) is 0 Å². The Bertz CT molecular complexity index is 421. The van der Waals surface area contributed by atoms with Crippen LogP contribution in [-0.4, -0.2) is 4.21 Å². The highest BCUT2D eigenvalue weighted by atomic mass is 35.5. The van der Waals surface area contributed by atoms with Crippen molar-refractivity contribution in [1.29, 1.82) is 0 Å². The van der Waals surface area contributed by atoms with Crippen molar-refractivity contribution in [2.45, 2.75) is 4.90 Å². The van der Waals surface area contributed by atoms with Crippen LogP contribution in [0.5, 0.6) is 0 Å². The van der Waals surface area contributed by atoms with Gasteiger partial charge < -0.3 is 0 Å². The minimum Gasteiger partial charge on any atom is -0.250 e. The number of fused-ring (bicyclic) bond motifs is 1. The summed E-state index contributed by atoms with van der Waals surface area (Å²) in [5.74, 6) is 0. The highest BCUT2D eigenvalue weighted by Crippen LogP contribution is 2.22. The third-order valence-corrected chi connectivity index (χ3v) is 3.22. The molecule has 1 aromatic rings. The van der Waals surface area contributed by atoms with Gasteiger partial charge in [0.1, 0.15) is 0 Å². The Balaban J connectivity index is 2.64. The Morgan fingerprint density at radius 1 is 1.23 bits per heavy atom. The topological polar surface area (TPSA) is 17.1 Å². The number of allylic oxidation sites excluding steroid dienone is 2. The van der Waals surface area contributed by atoms with Gasteiger partial charge in [0.25, 0.3) is 0 Å². The molecule has 0 N–H and O–H groups in total. The standard InChI is InChI=1S/C10H7ClOS/c11-9-4-5-10-8(7-9)3-1-2-6-13(10)12/h1-7H. The second kappa shape index (κ2) is 3.48. The van der Waals surface area contributed by atoms with Crippen LogP contribution in [0.1, 0.15) is 5.56 Å². The van der Waals surface area contributed by atoms with Gasteiger partial charge in [0, 0.05) is 10.4 Å².